The lowest BCUT2D eigenvalue weighted by Crippen LogP contribution is -2.15. The van der Waals surface area contributed by atoms with E-state index in [1.807, 2.05) is 31.2 Å². The quantitative estimate of drug-likeness (QED) is 0.871. The monoisotopic (exact) mass is 273 g/mol. The zero-order chi connectivity index (χ0) is 14.5. The summed E-state index contributed by atoms with van der Waals surface area (Å²) in [5.41, 5.74) is 1.80. The molecule has 2 rings (SSSR count). The van der Waals surface area contributed by atoms with E-state index >= 15 is 0 Å². The Morgan fingerprint density at radius 2 is 2.15 bits per heavy atom. The number of hydrogen-bond donors (Lipinski definition) is 2. The molecule has 0 fully saturated rings. The van der Waals surface area contributed by atoms with Crippen molar-refractivity contribution in [2.24, 2.45) is 0 Å². The SMILES string of the molecule is Cc1cccc(NC(=O)CCn2ccc(C(=O)O)n2)c1. The van der Waals surface area contributed by atoms with Crippen molar-refractivity contribution in [3.63, 3.8) is 0 Å². The smallest absolute Gasteiger partial charge is 0.356 e. The molecule has 0 saturated heterocycles. The van der Waals surface area contributed by atoms with Gasteiger partial charge in [0.05, 0.1) is 0 Å². The molecule has 1 aromatic heterocycles. The first-order chi connectivity index (χ1) is 9.54. The van der Waals surface area contributed by atoms with Crippen LogP contribution in [0.5, 0.6) is 0 Å². The molecule has 0 atom stereocenters. The molecule has 1 amide bonds. The van der Waals surface area contributed by atoms with Crippen LogP contribution >= 0.6 is 0 Å². The molecule has 0 spiro atoms. The van der Waals surface area contributed by atoms with Gasteiger partial charge in [0.1, 0.15) is 0 Å². The zero-order valence-corrected chi connectivity index (χ0v) is 11.0. The number of carbonyl (C=O) groups is 2. The average Bonchev–Trinajstić information content (AvgIpc) is 2.85. The molecule has 1 aromatic carbocycles. The van der Waals surface area contributed by atoms with Crippen LogP contribution in [0.4, 0.5) is 5.69 Å². The zero-order valence-electron chi connectivity index (χ0n) is 11.0. The normalized spacial score (nSPS) is 10.2. The van der Waals surface area contributed by atoms with E-state index in [-0.39, 0.29) is 18.0 Å². The minimum atomic E-state index is -1.08. The van der Waals surface area contributed by atoms with Crippen molar-refractivity contribution in [2.45, 2.75) is 19.9 Å². The van der Waals surface area contributed by atoms with Crippen molar-refractivity contribution >= 4 is 17.6 Å². The highest BCUT2D eigenvalue weighted by Gasteiger charge is 2.08. The third-order valence-corrected chi connectivity index (χ3v) is 2.73. The minimum Gasteiger partial charge on any atom is -0.476 e. The van der Waals surface area contributed by atoms with Crippen molar-refractivity contribution in [3.05, 3.63) is 47.8 Å². The molecule has 1 heterocycles. The van der Waals surface area contributed by atoms with Crippen molar-refractivity contribution in [1.82, 2.24) is 9.78 Å². The maximum Gasteiger partial charge on any atom is 0.356 e. The van der Waals surface area contributed by atoms with Crippen LogP contribution in [0.2, 0.25) is 0 Å². The summed E-state index contributed by atoms with van der Waals surface area (Å²) in [6.07, 6.45) is 1.78. The van der Waals surface area contributed by atoms with E-state index in [0.717, 1.165) is 11.3 Å². The highest BCUT2D eigenvalue weighted by Crippen LogP contribution is 2.10. The summed E-state index contributed by atoms with van der Waals surface area (Å²) in [4.78, 5) is 22.4. The fraction of sp³-hybridized carbons (Fsp3) is 0.214. The number of aromatic carboxylic acids is 1. The maximum atomic E-state index is 11.8. The Morgan fingerprint density at radius 1 is 1.35 bits per heavy atom. The summed E-state index contributed by atoms with van der Waals surface area (Å²) in [6.45, 7) is 2.29. The van der Waals surface area contributed by atoms with Crippen molar-refractivity contribution in [2.75, 3.05) is 5.32 Å². The minimum absolute atomic E-state index is 0.0240. The van der Waals surface area contributed by atoms with E-state index in [2.05, 4.69) is 10.4 Å². The summed E-state index contributed by atoms with van der Waals surface area (Å²) >= 11 is 0. The van der Waals surface area contributed by atoms with Crippen LogP contribution in [0, 0.1) is 6.92 Å². The Bertz CT molecular complexity index is 634. The van der Waals surface area contributed by atoms with Crippen LogP contribution in [0.15, 0.2) is 36.5 Å². The predicted octanol–water partition coefficient (Wildman–Crippen LogP) is 1.92. The number of aryl methyl sites for hydroxylation is 2. The highest BCUT2D eigenvalue weighted by molar-refractivity contribution is 5.90. The second-order valence-electron chi connectivity index (χ2n) is 4.44. The van der Waals surface area contributed by atoms with Gasteiger partial charge in [-0.15, -0.1) is 0 Å². The van der Waals surface area contributed by atoms with Gasteiger partial charge in [0.2, 0.25) is 5.91 Å². The molecule has 0 aliphatic rings. The van der Waals surface area contributed by atoms with Gasteiger partial charge in [0, 0.05) is 24.8 Å². The average molecular weight is 273 g/mol. The van der Waals surface area contributed by atoms with E-state index in [9.17, 15) is 9.59 Å². The molecule has 6 nitrogen and oxygen atoms in total. The van der Waals surface area contributed by atoms with Gasteiger partial charge in [-0.1, -0.05) is 12.1 Å². The summed E-state index contributed by atoms with van der Waals surface area (Å²) in [6, 6.07) is 8.93. The van der Waals surface area contributed by atoms with Gasteiger partial charge in [-0.25, -0.2) is 4.79 Å². The third-order valence-electron chi connectivity index (χ3n) is 2.73. The number of benzene rings is 1. The molecule has 6 heteroatoms. The lowest BCUT2D eigenvalue weighted by molar-refractivity contribution is -0.116. The molecule has 2 aromatic rings. The van der Waals surface area contributed by atoms with Crippen LogP contribution in [0.3, 0.4) is 0 Å². The van der Waals surface area contributed by atoms with Crippen LogP contribution < -0.4 is 5.32 Å². The van der Waals surface area contributed by atoms with E-state index in [1.54, 1.807) is 6.20 Å². The molecule has 0 aliphatic heterocycles. The van der Waals surface area contributed by atoms with Gasteiger partial charge in [-0.3, -0.25) is 9.48 Å². The molecular formula is C14H15N3O3. The van der Waals surface area contributed by atoms with Crippen LogP contribution in [0.1, 0.15) is 22.5 Å². The Labute approximate surface area is 116 Å². The molecule has 0 saturated carbocycles. The third kappa shape index (κ3) is 3.68. The Morgan fingerprint density at radius 3 is 2.80 bits per heavy atom. The maximum absolute atomic E-state index is 11.8. The molecular weight excluding hydrogens is 258 g/mol. The van der Waals surface area contributed by atoms with Crippen LogP contribution in [0.25, 0.3) is 0 Å². The number of amides is 1. The largest absolute Gasteiger partial charge is 0.476 e. The Balaban J connectivity index is 1.87. The second-order valence-corrected chi connectivity index (χ2v) is 4.44. The van der Waals surface area contributed by atoms with Gasteiger partial charge in [0.25, 0.3) is 0 Å². The fourth-order valence-electron chi connectivity index (χ4n) is 1.76. The van der Waals surface area contributed by atoms with Gasteiger partial charge in [0.15, 0.2) is 5.69 Å². The van der Waals surface area contributed by atoms with E-state index < -0.39 is 5.97 Å². The lowest BCUT2D eigenvalue weighted by atomic mass is 10.2. The van der Waals surface area contributed by atoms with Crippen LogP contribution in [-0.2, 0) is 11.3 Å². The van der Waals surface area contributed by atoms with Gasteiger partial charge in [-0.05, 0) is 30.7 Å². The first kappa shape index (κ1) is 13.8. The number of anilines is 1. The number of carbonyl (C=O) groups excluding carboxylic acids is 1. The first-order valence-corrected chi connectivity index (χ1v) is 6.18. The second kappa shape index (κ2) is 6.01. The standard InChI is InChI=1S/C14H15N3O3/c1-10-3-2-4-11(9-10)15-13(18)6-8-17-7-5-12(16-17)14(19)20/h2-5,7,9H,6,8H2,1H3,(H,15,18)(H,19,20). The molecule has 0 bridgehead atoms. The highest BCUT2D eigenvalue weighted by atomic mass is 16.4. The van der Waals surface area contributed by atoms with Gasteiger partial charge >= 0.3 is 5.97 Å². The summed E-state index contributed by atoms with van der Waals surface area (Å²) in [7, 11) is 0. The Hall–Kier alpha value is -2.63. The lowest BCUT2D eigenvalue weighted by Gasteiger charge is -2.06. The van der Waals surface area contributed by atoms with Crippen molar-refractivity contribution < 1.29 is 14.7 Å². The molecule has 104 valence electrons. The number of carboxylic acid groups (broad SMARTS) is 1. The molecule has 0 radical (unpaired) electrons. The van der Waals surface area contributed by atoms with Crippen LogP contribution in [-0.4, -0.2) is 26.8 Å². The molecule has 0 aliphatic carbocycles. The number of nitrogens with one attached hydrogen (secondary N) is 1. The van der Waals surface area contributed by atoms with E-state index in [0.29, 0.717) is 6.54 Å². The fourth-order valence-corrected chi connectivity index (χ4v) is 1.76. The first-order valence-electron chi connectivity index (χ1n) is 6.18. The summed E-state index contributed by atoms with van der Waals surface area (Å²) < 4.78 is 1.44. The predicted molar refractivity (Wildman–Crippen MR) is 73.6 cm³/mol. The number of carboxylic acids is 1. The number of rotatable bonds is 5. The van der Waals surface area contributed by atoms with Gasteiger partial charge in [-0.2, -0.15) is 5.10 Å². The number of hydrogen-bond acceptors (Lipinski definition) is 3. The summed E-state index contributed by atoms with van der Waals surface area (Å²) in [5, 5.41) is 15.4. The topological polar surface area (TPSA) is 84.2 Å². The molecule has 0 unspecified atom stereocenters. The van der Waals surface area contributed by atoms with E-state index in [4.69, 9.17) is 5.11 Å². The Kier molecular flexibility index (Phi) is 4.14. The van der Waals surface area contributed by atoms with E-state index in [1.165, 1.54) is 10.7 Å². The molecule has 2 N–H and O–H groups in total. The van der Waals surface area contributed by atoms with Crippen molar-refractivity contribution in [1.29, 1.82) is 0 Å². The number of nitrogens with zero attached hydrogens (tertiary/aromatic N) is 2. The number of aromatic nitrogens is 2. The van der Waals surface area contributed by atoms with Crippen molar-refractivity contribution in [3.8, 4) is 0 Å². The van der Waals surface area contributed by atoms with Gasteiger partial charge < -0.3 is 10.4 Å². The molecule has 20 heavy (non-hydrogen) atoms. The summed E-state index contributed by atoms with van der Waals surface area (Å²) in [5.74, 6) is -1.21.